The van der Waals surface area contributed by atoms with Gasteiger partial charge < -0.3 is 9.84 Å². The topological polar surface area (TPSA) is 68.0 Å². The lowest BCUT2D eigenvalue weighted by Gasteiger charge is -2.14. The van der Waals surface area contributed by atoms with Gasteiger partial charge in [-0.15, -0.1) is 11.3 Å². The van der Waals surface area contributed by atoms with E-state index in [1.807, 2.05) is 30.5 Å². The number of carbonyl (C=O) groups excluding carboxylic acids is 1. The van der Waals surface area contributed by atoms with Crippen molar-refractivity contribution >= 4 is 40.4 Å². The summed E-state index contributed by atoms with van der Waals surface area (Å²) in [6, 6.07) is 8.97. The number of aromatic nitrogens is 2. The third kappa shape index (κ3) is 4.60. The van der Waals surface area contributed by atoms with Gasteiger partial charge in [0.05, 0.1) is 21.0 Å². The highest BCUT2D eigenvalue weighted by atomic mass is 35.5. The molecule has 2 aromatic heterocycles. The number of rotatable bonds is 6. The van der Waals surface area contributed by atoms with E-state index in [1.165, 1.54) is 11.3 Å². The molecule has 0 radical (unpaired) electrons. The Morgan fingerprint density at radius 2 is 2.16 bits per heavy atom. The quantitative estimate of drug-likeness (QED) is 0.643. The number of thiophene rings is 1. The molecular weight excluding hydrogens is 381 g/mol. The van der Waals surface area contributed by atoms with Crippen molar-refractivity contribution in [3.05, 3.63) is 57.2 Å². The van der Waals surface area contributed by atoms with Gasteiger partial charge in [0.1, 0.15) is 0 Å². The molecule has 1 amide bonds. The van der Waals surface area contributed by atoms with E-state index in [4.69, 9.17) is 27.7 Å². The Morgan fingerprint density at radius 1 is 1.32 bits per heavy atom. The Labute approximate surface area is 159 Å². The molecule has 0 bridgehead atoms. The third-order valence-electron chi connectivity index (χ3n) is 3.60. The first kappa shape index (κ1) is 17.9. The summed E-state index contributed by atoms with van der Waals surface area (Å²) in [5, 5.41) is 9.75. The minimum absolute atomic E-state index is 0.102. The predicted octanol–water partition coefficient (Wildman–Crippen LogP) is 4.91. The van der Waals surface area contributed by atoms with Crippen molar-refractivity contribution in [1.29, 1.82) is 0 Å². The smallest absolute Gasteiger partial charge is 0.227 e. The van der Waals surface area contributed by atoms with Crippen LogP contribution in [0.4, 0.5) is 0 Å². The molecule has 0 saturated carbocycles. The van der Waals surface area contributed by atoms with Crippen LogP contribution in [0.25, 0.3) is 10.7 Å². The van der Waals surface area contributed by atoms with Crippen LogP contribution in [0.2, 0.25) is 10.0 Å². The summed E-state index contributed by atoms with van der Waals surface area (Å²) in [6.07, 6.45) is 0.649. The Bertz CT molecular complexity index is 865. The maximum absolute atomic E-state index is 12.1. The van der Waals surface area contributed by atoms with E-state index in [0.29, 0.717) is 28.2 Å². The number of aryl methyl sites for hydroxylation is 1. The fourth-order valence-electron chi connectivity index (χ4n) is 2.26. The second-order valence-corrected chi connectivity index (χ2v) is 7.21. The molecule has 130 valence electrons. The van der Waals surface area contributed by atoms with Gasteiger partial charge in [-0.25, -0.2) is 0 Å². The molecule has 0 aliphatic carbocycles. The van der Waals surface area contributed by atoms with Crippen LogP contribution in [-0.4, -0.2) is 16.0 Å². The molecule has 5 nitrogen and oxygen atoms in total. The van der Waals surface area contributed by atoms with Gasteiger partial charge in [0.2, 0.25) is 17.6 Å². The maximum atomic E-state index is 12.1. The molecule has 1 atom stereocenters. The van der Waals surface area contributed by atoms with Gasteiger partial charge in [-0.05, 0) is 36.1 Å². The van der Waals surface area contributed by atoms with Crippen molar-refractivity contribution in [2.24, 2.45) is 0 Å². The van der Waals surface area contributed by atoms with Gasteiger partial charge in [-0.3, -0.25) is 4.79 Å². The average Bonchev–Trinajstić information content (AvgIpc) is 3.26. The lowest BCUT2D eigenvalue weighted by Crippen LogP contribution is -2.26. The molecule has 0 fully saturated rings. The zero-order valence-electron chi connectivity index (χ0n) is 13.3. The molecule has 3 rings (SSSR count). The number of nitrogens with one attached hydrogen (secondary N) is 1. The number of amides is 1. The molecule has 1 unspecified atom stereocenters. The van der Waals surface area contributed by atoms with E-state index in [-0.39, 0.29) is 18.4 Å². The molecule has 3 aromatic rings. The fraction of sp³-hybridized carbons (Fsp3) is 0.235. The third-order valence-corrected chi connectivity index (χ3v) is 5.20. The van der Waals surface area contributed by atoms with Crippen LogP contribution in [0.1, 0.15) is 30.8 Å². The SMILES string of the molecule is CC(NC(=O)CCc1nc(-c2cccs2)no1)c1ccc(Cl)c(Cl)c1. The Kier molecular flexibility index (Phi) is 5.73. The van der Waals surface area contributed by atoms with E-state index < -0.39 is 0 Å². The van der Waals surface area contributed by atoms with E-state index in [9.17, 15) is 4.79 Å². The molecule has 0 spiro atoms. The van der Waals surface area contributed by atoms with Crippen molar-refractivity contribution in [2.45, 2.75) is 25.8 Å². The number of carbonyl (C=O) groups is 1. The zero-order chi connectivity index (χ0) is 17.8. The molecule has 0 saturated heterocycles. The lowest BCUT2D eigenvalue weighted by molar-refractivity contribution is -0.121. The van der Waals surface area contributed by atoms with Crippen LogP contribution in [0, 0.1) is 0 Å². The second-order valence-electron chi connectivity index (χ2n) is 5.45. The van der Waals surface area contributed by atoms with Gasteiger partial charge in [0, 0.05) is 12.8 Å². The average molecular weight is 396 g/mol. The van der Waals surface area contributed by atoms with Crippen LogP contribution < -0.4 is 5.32 Å². The normalized spacial score (nSPS) is 12.1. The largest absolute Gasteiger partial charge is 0.350 e. The first-order valence-corrected chi connectivity index (χ1v) is 9.27. The highest BCUT2D eigenvalue weighted by Gasteiger charge is 2.14. The fourth-order valence-corrected chi connectivity index (χ4v) is 3.22. The number of hydrogen-bond acceptors (Lipinski definition) is 5. The summed E-state index contributed by atoms with van der Waals surface area (Å²) in [7, 11) is 0. The summed E-state index contributed by atoms with van der Waals surface area (Å²) in [6.45, 7) is 1.89. The minimum Gasteiger partial charge on any atom is -0.350 e. The molecule has 0 aliphatic heterocycles. The minimum atomic E-state index is -0.174. The predicted molar refractivity (Wildman–Crippen MR) is 99.0 cm³/mol. The molecule has 2 heterocycles. The standard InChI is InChI=1S/C17H15Cl2N3O2S/c1-10(11-4-5-12(18)13(19)9-11)20-15(23)6-7-16-21-17(22-24-16)14-3-2-8-25-14/h2-5,8-10H,6-7H2,1H3,(H,20,23). The van der Waals surface area contributed by atoms with E-state index in [0.717, 1.165) is 10.4 Å². The summed E-state index contributed by atoms with van der Waals surface area (Å²) in [5.74, 6) is 0.893. The van der Waals surface area contributed by atoms with Gasteiger partial charge in [-0.2, -0.15) is 4.98 Å². The van der Waals surface area contributed by atoms with Crippen molar-refractivity contribution in [3.63, 3.8) is 0 Å². The number of halogens is 2. The van der Waals surface area contributed by atoms with Crippen molar-refractivity contribution in [2.75, 3.05) is 0 Å². The number of nitrogens with zero attached hydrogens (tertiary/aromatic N) is 2. The van der Waals surface area contributed by atoms with Crippen LogP contribution in [0.3, 0.4) is 0 Å². The van der Waals surface area contributed by atoms with Crippen LogP contribution >= 0.6 is 34.5 Å². The summed E-state index contributed by atoms with van der Waals surface area (Å²) in [4.78, 5) is 17.4. The molecule has 0 aliphatic rings. The van der Waals surface area contributed by atoms with Gasteiger partial charge in [-0.1, -0.05) is 40.5 Å². The monoisotopic (exact) mass is 395 g/mol. The van der Waals surface area contributed by atoms with E-state index in [2.05, 4.69) is 15.5 Å². The Hall–Kier alpha value is -1.89. The molecule has 8 heteroatoms. The van der Waals surface area contributed by atoms with Crippen LogP contribution in [0.15, 0.2) is 40.2 Å². The highest BCUT2D eigenvalue weighted by Crippen LogP contribution is 2.25. The van der Waals surface area contributed by atoms with Crippen molar-refractivity contribution in [1.82, 2.24) is 15.5 Å². The maximum Gasteiger partial charge on any atom is 0.227 e. The molecule has 25 heavy (non-hydrogen) atoms. The highest BCUT2D eigenvalue weighted by molar-refractivity contribution is 7.13. The molecule has 1 N–H and O–H groups in total. The first-order chi connectivity index (χ1) is 12.0. The van der Waals surface area contributed by atoms with Crippen molar-refractivity contribution < 1.29 is 9.32 Å². The summed E-state index contributed by atoms with van der Waals surface area (Å²) >= 11 is 13.5. The molecular formula is C17H15Cl2N3O2S. The van der Waals surface area contributed by atoms with E-state index >= 15 is 0 Å². The summed E-state index contributed by atoms with van der Waals surface area (Å²) < 4.78 is 5.19. The van der Waals surface area contributed by atoms with E-state index in [1.54, 1.807) is 12.1 Å². The van der Waals surface area contributed by atoms with Gasteiger partial charge >= 0.3 is 0 Å². The number of benzene rings is 1. The van der Waals surface area contributed by atoms with Crippen LogP contribution in [-0.2, 0) is 11.2 Å². The number of hydrogen-bond donors (Lipinski definition) is 1. The van der Waals surface area contributed by atoms with Crippen LogP contribution in [0.5, 0.6) is 0 Å². The Morgan fingerprint density at radius 3 is 2.88 bits per heavy atom. The zero-order valence-corrected chi connectivity index (χ0v) is 15.7. The van der Waals surface area contributed by atoms with Gasteiger partial charge in [0.25, 0.3) is 0 Å². The first-order valence-electron chi connectivity index (χ1n) is 7.63. The summed E-state index contributed by atoms with van der Waals surface area (Å²) in [5.41, 5.74) is 0.889. The molecule has 1 aromatic carbocycles. The second kappa shape index (κ2) is 7.99. The van der Waals surface area contributed by atoms with Gasteiger partial charge in [0.15, 0.2) is 0 Å². The van der Waals surface area contributed by atoms with Crippen molar-refractivity contribution in [3.8, 4) is 10.7 Å². The lowest BCUT2D eigenvalue weighted by atomic mass is 10.1. The Balaban J connectivity index is 1.53.